The van der Waals surface area contributed by atoms with Gasteiger partial charge in [-0.2, -0.15) is 5.10 Å². The Balaban J connectivity index is 1.15. The molecular formula is C34H30N4O8. The van der Waals surface area contributed by atoms with Crippen LogP contribution in [0.25, 0.3) is 5.69 Å². The molecule has 234 valence electrons. The number of benzene rings is 3. The van der Waals surface area contributed by atoms with Crippen LogP contribution in [0.15, 0.2) is 101 Å². The molecule has 12 heteroatoms. The van der Waals surface area contributed by atoms with Gasteiger partial charge in [0.1, 0.15) is 18.1 Å². The fourth-order valence-corrected chi connectivity index (χ4v) is 4.56. The predicted octanol–water partition coefficient (Wildman–Crippen LogP) is 6.56. The Labute approximate surface area is 264 Å². The molecule has 46 heavy (non-hydrogen) atoms. The second kappa shape index (κ2) is 14.1. The Morgan fingerprint density at radius 2 is 1.63 bits per heavy atom. The smallest absolute Gasteiger partial charge is 0.343 e. The summed E-state index contributed by atoms with van der Waals surface area (Å²) in [5.41, 5.74) is 6.30. The van der Waals surface area contributed by atoms with E-state index in [4.69, 9.17) is 18.6 Å². The number of nitrogens with one attached hydrogen (secondary N) is 1. The van der Waals surface area contributed by atoms with Gasteiger partial charge < -0.3 is 23.2 Å². The van der Waals surface area contributed by atoms with Gasteiger partial charge in [0.25, 0.3) is 5.69 Å². The molecule has 0 radical (unpaired) electrons. The largest absolute Gasteiger partial charge is 0.490 e. The quantitative estimate of drug-likeness (QED) is 0.0541. The van der Waals surface area contributed by atoms with Gasteiger partial charge in [0, 0.05) is 29.2 Å². The average Bonchev–Trinajstić information content (AvgIpc) is 3.67. The average molecular weight is 623 g/mol. The fraction of sp³-hybridized carbons (Fsp3) is 0.147. The zero-order chi connectivity index (χ0) is 32.6. The van der Waals surface area contributed by atoms with E-state index in [9.17, 15) is 19.7 Å². The van der Waals surface area contributed by atoms with Gasteiger partial charge in [-0.25, -0.2) is 10.2 Å². The molecule has 12 nitrogen and oxygen atoms in total. The van der Waals surface area contributed by atoms with Crippen LogP contribution in [-0.2, 0) is 6.61 Å². The Morgan fingerprint density at radius 1 is 0.913 bits per heavy atom. The molecule has 5 rings (SSSR count). The minimum Gasteiger partial charge on any atom is -0.490 e. The third-order valence-corrected chi connectivity index (χ3v) is 6.80. The van der Waals surface area contributed by atoms with E-state index in [0.717, 1.165) is 17.1 Å². The first-order valence-corrected chi connectivity index (χ1v) is 14.3. The molecule has 0 spiro atoms. The summed E-state index contributed by atoms with van der Waals surface area (Å²) >= 11 is 0. The van der Waals surface area contributed by atoms with Crippen molar-refractivity contribution in [3.05, 3.63) is 135 Å². The number of carbonyl (C=O) groups excluding carboxylic acids is 2. The van der Waals surface area contributed by atoms with Crippen LogP contribution in [-0.4, -0.2) is 34.2 Å². The number of hydrogen-bond donors (Lipinski definition) is 1. The molecule has 0 fully saturated rings. The van der Waals surface area contributed by atoms with Gasteiger partial charge in [-0.1, -0.05) is 0 Å². The maximum Gasteiger partial charge on any atom is 0.343 e. The van der Waals surface area contributed by atoms with Crippen molar-refractivity contribution in [1.82, 2.24) is 9.99 Å². The second-order valence-electron chi connectivity index (χ2n) is 10.0. The zero-order valence-corrected chi connectivity index (χ0v) is 25.3. The monoisotopic (exact) mass is 622 g/mol. The number of furan rings is 1. The summed E-state index contributed by atoms with van der Waals surface area (Å²) in [5, 5.41) is 14.8. The summed E-state index contributed by atoms with van der Waals surface area (Å²) in [7, 11) is 0. The summed E-state index contributed by atoms with van der Waals surface area (Å²) in [6.45, 7) is 6.31. The SMILES string of the molecule is CCOc1cc(/C=N/NC(=O)c2ccc(COc3ccc(-n4c(C)ccc4C)cc3)o2)ccc1OC(=O)c1ccc([N+](=O)[O-])cc1. The maximum atomic E-state index is 12.6. The molecule has 1 N–H and O–H groups in total. The molecule has 0 aliphatic rings. The standard InChI is InChI=1S/C34H30N4O8/c1-4-43-32-19-24(7-17-30(32)46-34(40)25-8-10-27(11-9-25)38(41)42)20-35-36-33(39)31-18-16-29(45-31)21-44-28-14-12-26(13-15-28)37-22(2)5-6-23(37)3/h5-20H,4,21H2,1-3H3,(H,36,39)/b35-20+. The summed E-state index contributed by atoms with van der Waals surface area (Å²) in [6, 6.07) is 24.8. The summed E-state index contributed by atoms with van der Waals surface area (Å²) < 4.78 is 24.7. The number of hydrazone groups is 1. The minimum absolute atomic E-state index is 0.0631. The molecule has 5 aromatic rings. The van der Waals surface area contributed by atoms with E-state index in [1.807, 2.05) is 24.3 Å². The van der Waals surface area contributed by atoms with Crippen molar-refractivity contribution in [3.8, 4) is 22.9 Å². The Hall–Kier alpha value is -6.17. The van der Waals surface area contributed by atoms with Crippen molar-refractivity contribution in [2.24, 2.45) is 5.10 Å². The molecule has 0 aliphatic carbocycles. The number of carbonyl (C=O) groups is 2. The number of rotatable bonds is 12. The van der Waals surface area contributed by atoms with E-state index in [-0.39, 0.29) is 35.1 Å². The number of non-ortho nitro benzene ring substituents is 1. The number of aryl methyl sites for hydroxylation is 2. The third kappa shape index (κ3) is 7.48. The number of ether oxygens (including phenoxy) is 3. The van der Waals surface area contributed by atoms with Crippen molar-refractivity contribution in [1.29, 1.82) is 0 Å². The van der Waals surface area contributed by atoms with E-state index in [0.29, 0.717) is 23.7 Å². The van der Waals surface area contributed by atoms with Crippen LogP contribution in [0.2, 0.25) is 0 Å². The first kappa shape index (κ1) is 31.3. The van der Waals surface area contributed by atoms with E-state index in [2.05, 4.69) is 41.1 Å². The van der Waals surface area contributed by atoms with Gasteiger partial charge in [0.05, 0.1) is 23.3 Å². The highest BCUT2D eigenvalue weighted by Crippen LogP contribution is 2.29. The Kier molecular flexibility index (Phi) is 9.57. The highest BCUT2D eigenvalue weighted by molar-refractivity contribution is 5.93. The molecule has 0 atom stereocenters. The van der Waals surface area contributed by atoms with Crippen molar-refractivity contribution in [2.75, 3.05) is 6.61 Å². The molecule has 0 unspecified atom stereocenters. The highest BCUT2D eigenvalue weighted by Gasteiger charge is 2.16. The lowest BCUT2D eigenvalue weighted by molar-refractivity contribution is -0.384. The van der Waals surface area contributed by atoms with Crippen LogP contribution in [0.3, 0.4) is 0 Å². The minimum atomic E-state index is -0.705. The van der Waals surface area contributed by atoms with Crippen LogP contribution in [0.1, 0.15) is 50.5 Å². The predicted molar refractivity (Wildman–Crippen MR) is 169 cm³/mol. The fourth-order valence-electron chi connectivity index (χ4n) is 4.56. The third-order valence-electron chi connectivity index (χ3n) is 6.80. The molecule has 0 bridgehead atoms. The van der Waals surface area contributed by atoms with E-state index >= 15 is 0 Å². The first-order chi connectivity index (χ1) is 22.2. The van der Waals surface area contributed by atoms with E-state index in [1.54, 1.807) is 25.1 Å². The maximum absolute atomic E-state index is 12.6. The van der Waals surface area contributed by atoms with Gasteiger partial charge >= 0.3 is 11.9 Å². The molecule has 3 aromatic carbocycles. The molecule has 2 aromatic heterocycles. The van der Waals surface area contributed by atoms with Crippen LogP contribution in [0.5, 0.6) is 17.2 Å². The number of amides is 1. The highest BCUT2D eigenvalue weighted by atomic mass is 16.6. The Bertz CT molecular complexity index is 1870. The number of hydrogen-bond acceptors (Lipinski definition) is 9. The lowest BCUT2D eigenvalue weighted by Crippen LogP contribution is -2.16. The van der Waals surface area contributed by atoms with Crippen molar-refractivity contribution in [2.45, 2.75) is 27.4 Å². The van der Waals surface area contributed by atoms with Crippen LogP contribution >= 0.6 is 0 Å². The molecule has 0 saturated carbocycles. The molecule has 1 amide bonds. The van der Waals surface area contributed by atoms with Gasteiger partial charge in [-0.15, -0.1) is 0 Å². The first-order valence-electron chi connectivity index (χ1n) is 14.3. The van der Waals surface area contributed by atoms with Crippen molar-refractivity contribution >= 4 is 23.8 Å². The van der Waals surface area contributed by atoms with Crippen molar-refractivity contribution in [3.63, 3.8) is 0 Å². The number of aromatic nitrogens is 1. The summed E-state index contributed by atoms with van der Waals surface area (Å²) in [6.07, 6.45) is 1.40. The Morgan fingerprint density at radius 3 is 2.30 bits per heavy atom. The lowest BCUT2D eigenvalue weighted by Gasteiger charge is -2.11. The lowest BCUT2D eigenvalue weighted by atomic mass is 10.2. The molecular weight excluding hydrogens is 592 g/mol. The normalized spacial score (nSPS) is 10.9. The van der Waals surface area contributed by atoms with Gasteiger partial charge in [0.2, 0.25) is 0 Å². The number of nitro groups is 1. The summed E-state index contributed by atoms with van der Waals surface area (Å²) in [5.74, 6) is 0.360. The van der Waals surface area contributed by atoms with Gasteiger partial charge in [-0.3, -0.25) is 14.9 Å². The van der Waals surface area contributed by atoms with Gasteiger partial charge in [-0.05, 0) is 105 Å². The molecule has 2 heterocycles. The van der Waals surface area contributed by atoms with Gasteiger partial charge in [0.15, 0.2) is 17.3 Å². The summed E-state index contributed by atoms with van der Waals surface area (Å²) in [4.78, 5) is 35.5. The number of esters is 1. The van der Waals surface area contributed by atoms with Crippen LogP contribution in [0.4, 0.5) is 5.69 Å². The van der Waals surface area contributed by atoms with E-state index < -0.39 is 16.8 Å². The topological polar surface area (TPSA) is 147 Å². The molecule has 0 aliphatic heterocycles. The number of nitrogens with zero attached hydrogens (tertiary/aromatic N) is 3. The van der Waals surface area contributed by atoms with Crippen LogP contribution < -0.4 is 19.6 Å². The zero-order valence-electron chi connectivity index (χ0n) is 25.3. The molecule has 0 saturated heterocycles. The number of nitro benzene ring substituents is 1. The second-order valence-corrected chi connectivity index (χ2v) is 10.0. The van der Waals surface area contributed by atoms with Crippen molar-refractivity contribution < 1.29 is 33.1 Å². The van der Waals surface area contributed by atoms with E-state index in [1.165, 1.54) is 42.6 Å². The van der Waals surface area contributed by atoms with Crippen LogP contribution in [0, 0.1) is 24.0 Å².